The van der Waals surface area contributed by atoms with Crippen molar-refractivity contribution in [3.8, 4) is 0 Å². The number of benzene rings is 2. The fraction of sp³-hybridized carbons (Fsp3) is 0. The molecule has 0 aliphatic carbocycles. The van der Waals surface area contributed by atoms with E-state index in [1.54, 1.807) is 12.2 Å². The second-order valence-electron chi connectivity index (χ2n) is 4.16. The topological polar surface area (TPSA) is 74.6 Å². The molecule has 0 radical (unpaired) electrons. The maximum atomic E-state index is 10.1. The molecule has 0 atom stereocenters. The fourth-order valence-electron chi connectivity index (χ4n) is 1.46. The Morgan fingerprint density at radius 1 is 0.636 bits per heavy atom. The quantitative estimate of drug-likeness (QED) is 0.846. The van der Waals surface area contributed by atoms with Gasteiger partial charge in [-0.3, -0.25) is 0 Å². The van der Waals surface area contributed by atoms with Crippen molar-refractivity contribution in [2.45, 2.75) is 0 Å². The first-order valence-electron chi connectivity index (χ1n) is 6.50. The lowest BCUT2D eigenvalue weighted by atomic mass is 10.2. The molecule has 0 aliphatic rings. The largest absolute Gasteiger partial charge is 0.478 e. The monoisotopic (exact) mass is 296 g/mol. The highest BCUT2D eigenvalue weighted by atomic mass is 16.4. The van der Waals surface area contributed by atoms with Gasteiger partial charge in [-0.1, -0.05) is 60.7 Å². The van der Waals surface area contributed by atoms with Crippen molar-refractivity contribution < 1.29 is 19.8 Å². The van der Waals surface area contributed by atoms with Crippen LogP contribution in [0, 0.1) is 0 Å². The standard InChI is InChI=1S/2C9H8O2/c2*10-9(11)7-6-8-4-2-1-3-5-8/h2*1-7H,(H,10,11)/b2*7-6+. The predicted molar refractivity (Wildman–Crippen MR) is 86.2 cm³/mol. The lowest BCUT2D eigenvalue weighted by Gasteiger charge is -1.87. The Labute approximate surface area is 128 Å². The molecule has 2 aromatic carbocycles. The van der Waals surface area contributed by atoms with Crippen LogP contribution < -0.4 is 0 Å². The summed E-state index contributed by atoms with van der Waals surface area (Å²) in [5, 5.41) is 16.6. The summed E-state index contributed by atoms with van der Waals surface area (Å²) < 4.78 is 0. The molecular formula is C18H16O4. The van der Waals surface area contributed by atoms with E-state index in [1.807, 2.05) is 60.7 Å². The Hall–Kier alpha value is -3.14. The smallest absolute Gasteiger partial charge is 0.328 e. The van der Waals surface area contributed by atoms with E-state index in [1.165, 1.54) is 0 Å². The van der Waals surface area contributed by atoms with Crippen molar-refractivity contribution in [1.29, 1.82) is 0 Å². The van der Waals surface area contributed by atoms with E-state index >= 15 is 0 Å². The summed E-state index contributed by atoms with van der Waals surface area (Å²) in [6.45, 7) is 0. The molecule has 0 amide bonds. The highest BCUT2D eigenvalue weighted by Crippen LogP contribution is 2.00. The van der Waals surface area contributed by atoms with E-state index in [0.717, 1.165) is 23.3 Å². The van der Waals surface area contributed by atoms with Crippen LogP contribution in [0.25, 0.3) is 12.2 Å². The van der Waals surface area contributed by atoms with E-state index < -0.39 is 11.9 Å². The number of carboxylic acids is 2. The summed E-state index contributed by atoms with van der Waals surface area (Å²) >= 11 is 0. The fourth-order valence-corrected chi connectivity index (χ4v) is 1.46. The summed E-state index contributed by atoms with van der Waals surface area (Å²) in [4.78, 5) is 20.2. The van der Waals surface area contributed by atoms with Gasteiger partial charge in [-0.2, -0.15) is 0 Å². The lowest BCUT2D eigenvalue weighted by Crippen LogP contribution is -1.85. The van der Waals surface area contributed by atoms with Crippen LogP contribution in [0.3, 0.4) is 0 Å². The summed E-state index contributed by atoms with van der Waals surface area (Å²) in [6.07, 6.45) is 5.36. The highest BCUT2D eigenvalue weighted by molar-refractivity contribution is 5.85. The molecule has 0 fully saturated rings. The Morgan fingerprint density at radius 2 is 0.955 bits per heavy atom. The van der Waals surface area contributed by atoms with Crippen LogP contribution in [0.15, 0.2) is 72.8 Å². The molecule has 0 spiro atoms. The highest BCUT2D eigenvalue weighted by Gasteiger charge is 1.86. The number of carboxylic acid groups (broad SMARTS) is 2. The van der Waals surface area contributed by atoms with Crippen LogP contribution in [0.2, 0.25) is 0 Å². The van der Waals surface area contributed by atoms with E-state index in [2.05, 4.69) is 0 Å². The summed E-state index contributed by atoms with van der Waals surface area (Å²) in [7, 11) is 0. The molecule has 0 unspecified atom stereocenters. The molecule has 0 aromatic heterocycles. The number of aliphatic carboxylic acids is 2. The molecule has 112 valence electrons. The molecule has 0 saturated carbocycles. The first kappa shape index (κ1) is 16.9. The van der Waals surface area contributed by atoms with Gasteiger partial charge >= 0.3 is 11.9 Å². The van der Waals surface area contributed by atoms with Gasteiger partial charge < -0.3 is 10.2 Å². The first-order chi connectivity index (χ1) is 10.6. The SMILES string of the molecule is O=C(O)/C=C/c1ccccc1.O=C(O)/C=C/c1ccccc1. The van der Waals surface area contributed by atoms with Gasteiger partial charge in [-0.25, -0.2) is 9.59 Å². The molecule has 2 N–H and O–H groups in total. The Morgan fingerprint density at radius 3 is 1.23 bits per heavy atom. The van der Waals surface area contributed by atoms with Gasteiger partial charge in [-0.15, -0.1) is 0 Å². The molecule has 4 heteroatoms. The third kappa shape index (κ3) is 8.12. The second kappa shape index (κ2) is 9.72. The Bertz CT molecular complexity index is 584. The lowest BCUT2D eigenvalue weighted by molar-refractivity contribution is -0.132. The van der Waals surface area contributed by atoms with E-state index in [9.17, 15) is 9.59 Å². The first-order valence-corrected chi connectivity index (χ1v) is 6.50. The Kier molecular flexibility index (Phi) is 7.47. The molecule has 2 aromatic rings. The third-order valence-corrected chi connectivity index (χ3v) is 2.44. The van der Waals surface area contributed by atoms with Crippen LogP contribution in [0.5, 0.6) is 0 Å². The summed E-state index contributed by atoms with van der Waals surface area (Å²) in [5.41, 5.74) is 1.80. The molecule has 2 rings (SSSR count). The number of hydrogen-bond acceptors (Lipinski definition) is 2. The van der Waals surface area contributed by atoms with Gasteiger partial charge in [0.2, 0.25) is 0 Å². The average molecular weight is 296 g/mol. The molecule has 4 nitrogen and oxygen atoms in total. The van der Waals surface area contributed by atoms with Crippen molar-refractivity contribution in [3.63, 3.8) is 0 Å². The van der Waals surface area contributed by atoms with Crippen LogP contribution >= 0.6 is 0 Å². The van der Waals surface area contributed by atoms with Crippen LogP contribution in [-0.4, -0.2) is 22.2 Å². The van der Waals surface area contributed by atoms with E-state index in [0.29, 0.717) is 0 Å². The van der Waals surface area contributed by atoms with E-state index in [-0.39, 0.29) is 0 Å². The van der Waals surface area contributed by atoms with Crippen molar-refractivity contribution in [2.75, 3.05) is 0 Å². The van der Waals surface area contributed by atoms with Crippen molar-refractivity contribution in [1.82, 2.24) is 0 Å². The Balaban J connectivity index is 0.000000220. The second-order valence-corrected chi connectivity index (χ2v) is 4.16. The van der Waals surface area contributed by atoms with Crippen molar-refractivity contribution in [3.05, 3.63) is 83.9 Å². The number of carbonyl (C=O) groups is 2. The van der Waals surface area contributed by atoms with Crippen LogP contribution in [0.1, 0.15) is 11.1 Å². The van der Waals surface area contributed by atoms with Gasteiger partial charge in [0.25, 0.3) is 0 Å². The van der Waals surface area contributed by atoms with Gasteiger partial charge in [-0.05, 0) is 23.3 Å². The minimum absolute atomic E-state index is 0.898. The zero-order chi connectivity index (χ0) is 16.2. The third-order valence-electron chi connectivity index (χ3n) is 2.44. The van der Waals surface area contributed by atoms with Gasteiger partial charge in [0.15, 0.2) is 0 Å². The van der Waals surface area contributed by atoms with Crippen molar-refractivity contribution in [2.24, 2.45) is 0 Å². The molecule has 0 saturated heterocycles. The van der Waals surface area contributed by atoms with Gasteiger partial charge in [0.1, 0.15) is 0 Å². The average Bonchev–Trinajstić information content (AvgIpc) is 2.53. The summed E-state index contributed by atoms with van der Waals surface area (Å²) in [6, 6.07) is 18.6. The minimum Gasteiger partial charge on any atom is -0.478 e. The number of hydrogen-bond donors (Lipinski definition) is 2. The molecule has 0 bridgehead atoms. The molecule has 0 heterocycles. The molecular weight excluding hydrogens is 280 g/mol. The summed E-state index contributed by atoms with van der Waals surface area (Å²) in [5.74, 6) is -1.84. The van der Waals surface area contributed by atoms with Gasteiger partial charge in [0, 0.05) is 12.2 Å². The minimum atomic E-state index is -0.922. The van der Waals surface area contributed by atoms with Crippen LogP contribution in [0.4, 0.5) is 0 Å². The zero-order valence-electron chi connectivity index (χ0n) is 11.8. The zero-order valence-corrected chi connectivity index (χ0v) is 11.8. The van der Waals surface area contributed by atoms with Gasteiger partial charge in [0.05, 0.1) is 0 Å². The maximum Gasteiger partial charge on any atom is 0.328 e. The predicted octanol–water partition coefficient (Wildman–Crippen LogP) is 3.57. The van der Waals surface area contributed by atoms with Crippen LogP contribution in [-0.2, 0) is 9.59 Å². The van der Waals surface area contributed by atoms with Crippen molar-refractivity contribution >= 4 is 24.1 Å². The molecule has 0 aliphatic heterocycles. The van der Waals surface area contributed by atoms with E-state index in [4.69, 9.17) is 10.2 Å². The number of rotatable bonds is 4. The normalized spacial score (nSPS) is 10.2. The maximum absolute atomic E-state index is 10.1. The molecule has 22 heavy (non-hydrogen) atoms.